The molecule has 120 valence electrons. The Morgan fingerprint density at radius 1 is 1.18 bits per heavy atom. The van der Waals surface area contributed by atoms with Crippen molar-refractivity contribution < 1.29 is 26.3 Å². The van der Waals surface area contributed by atoms with Crippen LogP contribution >= 0.6 is 11.3 Å². The van der Waals surface area contributed by atoms with Crippen LogP contribution in [0, 0.1) is 0 Å². The Balaban J connectivity index is 2.08. The molecule has 0 saturated carbocycles. The molecule has 0 fully saturated rings. The second-order valence-electron chi connectivity index (χ2n) is 4.38. The number of benzene rings is 1. The van der Waals surface area contributed by atoms with Gasteiger partial charge in [0.1, 0.15) is 9.96 Å². The fourth-order valence-corrected chi connectivity index (χ4v) is 4.06. The van der Waals surface area contributed by atoms with Crippen molar-refractivity contribution >= 4 is 21.4 Å². The Hall–Kier alpha value is -1.58. The van der Waals surface area contributed by atoms with Gasteiger partial charge in [-0.1, -0.05) is 18.2 Å². The molecule has 0 aliphatic rings. The van der Waals surface area contributed by atoms with Crippen molar-refractivity contribution in [2.24, 2.45) is 0 Å². The maximum atomic E-state index is 12.2. The fourth-order valence-electron chi connectivity index (χ4n) is 1.70. The van der Waals surface area contributed by atoms with Gasteiger partial charge in [0, 0.05) is 13.6 Å². The summed E-state index contributed by atoms with van der Waals surface area (Å²) in [6, 6.07) is 8.21. The molecule has 0 aliphatic carbocycles. The van der Waals surface area contributed by atoms with Gasteiger partial charge in [-0.05, 0) is 29.1 Å². The lowest BCUT2D eigenvalue weighted by molar-refractivity contribution is -0.274. The van der Waals surface area contributed by atoms with E-state index >= 15 is 0 Å². The van der Waals surface area contributed by atoms with Crippen LogP contribution in [0.5, 0.6) is 5.75 Å². The Kier molecular flexibility index (Phi) is 4.78. The highest BCUT2D eigenvalue weighted by Crippen LogP contribution is 2.24. The summed E-state index contributed by atoms with van der Waals surface area (Å²) in [5.74, 6) is -0.347. The molecule has 9 heteroatoms. The average molecular weight is 351 g/mol. The molecule has 4 nitrogen and oxygen atoms in total. The quantitative estimate of drug-likeness (QED) is 0.829. The summed E-state index contributed by atoms with van der Waals surface area (Å²) in [6.07, 6.45) is -4.75. The molecule has 0 saturated heterocycles. The number of rotatable bonds is 5. The van der Waals surface area contributed by atoms with Gasteiger partial charge in [-0.2, -0.15) is 4.31 Å². The van der Waals surface area contributed by atoms with Gasteiger partial charge in [0.15, 0.2) is 0 Å². The summed E-state index contributed by atoms with van der Waals surface area (Å²) in [7, 11) is -2.18. The summed E-state index contributed by atoms with van der Waals surface area (Å²) in [5.41, 5.74) is 0.553. The monoisotopic (exact) mass is 351 g/mol. The van der Waals surface area contributed by atoms with Crippen molar-refractivity contribution in [3.8, 4) is 5.75 Å². The Bertz CT molecular complexity index is 710. The summed E-state index contributed by atoms with van der Waals surface area (Å²) < 4.78 is 65.7. The minimum atomic E-state index is -4.75. The van der Waals surface area contributed by atoms with E-state index < -0.39 is 16.4 Å². The van der Waals surface area contributed by atoms with E-state index in [1.807, 2.05) is 0 Å². The zero-order chi connectivity index (χ0) is 16.4. The number of ether oxygens (including phenoxy) is 1. The zero-order valence-corrected chi connectivity index (χ0v) is 13.0. The lowest BCUT2D eigenvalue weighted by Crippen LogP contribution is -2.25. The van der Waals surface area contributed by atoms with Gasteiger partial charge in [0.25, 0.3) is 10.0 Å². The van der Waals surface area contributed by atoms with Gasteiger partial charge in [0.05, 0.1) is 0 Å². The van der Waals surface area contributed by atoms with Crippen LogP contribution in [-0.4, -0.2) is 26.1 Å². The van der Waals surface area contributed by atoms with Gasteiger partial charge in [0.2, 0.25) is 0 Å². The van der Waals surface area contributed by atoms with Crippen LogP contribution in [0.2, 0.25) is 0 Å². The van der Waals surface area contributed by atoms with E-state index in [4.69, 9.17) is 0 Å². The Labute approximate surface area is 129 Å². The van der Waals surface area contributed by atoms with Crippen molar-refractivity contribution in [2.75, 3.05) is 7.05 Å². The molecule has 1 aromatic carbocycles. The molecule has 2 aromatic rings. The van der Waals surface area contributed by atoms with Crippen LogP contribution in [0.4, 0.5) is 13.2 Å². The van der Waals surface area contributed by atoms with E-state index in [1.165, 1.54) is 25.2 Å². The molecule has 0 radical (unpaired) electrons. The SMILES string of the molecule is CN(Cc1ccc(OC(F)(F)F)cc1)S(=O)(=O)c1cccs1. The number of halogens is 3. The van der Waals surface area contributed by atoms with Crippen LogP contribution < -0.4 is 4.74 Å². The van der Waals surface area contributed by atoms with E-state index in [2.05, 4.69) is 4.74 Å². The molecule has 1 aromatic heterocycles. The first-order valence-corrected chi connectivity index (χ1v) is 8.35. The molecule has 2 rings (SSSR count). The summed E-state index contributed by atoms with van der Waals surface area (Å²) in [6.45, 7) is 0.0481. The van der Waals surface area contributed by atoms with Crippen molar-refractivity contribution in [3.05, 3.63) is 47.3 Å². The van der Waals surface area contributed by atoms with Gasteiger partial charge in [-0.25, -0.2) is 8.42 Å². The molecule has 0 amide bonds. The van der Waals surface area contributed by atoms with Gasteiger partial charge >= 0.3 is 6.36 Å². The first kappa shape index (κ1) is 16.8. The van der Waals surface area contributed by atoms with Crippen LogP contribution in [0.1, 0.15) is 5.56 Å². The highest BCUT2D eigenvalue weighted by atomic mass is 32.2. The average Bonchev–Trinajstić information content (AvgIpc) is 2.94. The van der Waals surface area contributed by atoms with Crippen LogP contribution in [0.15, 0.2) is 46.0 Å². The third-order valence-corrected chi connectivity index (χ3v) is 5.90. The first-order valence-electron chi connectivity index (χ1n) is 6.03. The third kappa shape index (κ3) is 4.21. The van der Waals surface area contributed by atoms with Crippen LogP contribution in [0.3, 0.4) is 0 Å². The van der Waals surface area contributed by atoms with Crippen LogP contribution in [-0.2, 0) is 16.6 Å². The van der Waals surface area contributed by atoms with E-state index in [9.17, 15) is 21.6 Å². The maximum Gasteiger partial charge on any atom is 0.573 e. The summed E-state index contributed by atoms with van der Waals surface area (Å²) in [4.78, 5) is 0. The molecule has 0 spiro atoms. The predicted octanol–water partition coefficient (Wildman–Crippen LogP) is 3.47. The standard InChI is InChI=1S/C13H12F3NO3S2/c1-17(22(18,19)12-3-2-8-21-12)9-10-4-6-11(7-5-10)20-13(14,15)16/h2-8H,9H2,1H3. The predicted molar refractivity (Wildman–Crippen MR) is 76.1 cm³/mol. The Morgan fingerprint density at radius 2 is 1.82 bits per heavy atom. The van der Waals surface area contributed by atoms with Gasteiger partial charge < -0.3 is 4.74 Å². The number of alkyl halides is 3. The molecular formula is C13H12F3NO3S2. The molecule has 0 bridgehead atoms. The fraction of sp³-hybridized carbons (Fsp3) is 0.231. The highest BCUT2D eigenvalue weighted by Gasteiger charge is 2.31. The number of hydrogen-bond donors (Lipinski definition) is 0. The highest BCUT2D eigenvalue weighted by molar-refractivity contribution is 7.91. The molecule has 0 aliphatic heterocycles. The topological polar surface area (TPSA) is 46.6 Å². The summed E-state index contributed by atoms with van der Waals surface area (Å²) in [5, 5.41) is 1.66. The lowest BCUT2D eigenvalue weighted by atomic mass is 10.2. The largest absolute Gasteiger partial charge is 0.573 e. The molecular weight excluding hydrogens is 339 g/mol. The zero-order valence-electron chi connectivity index (χ0n) is 11.4. The molecule has 0 atom stereocenters. The lowest BCUT2D eigenvalue weighted by Gasteiger charge is -2.16. The first-order chi connectivity index (χ1) is 10.2. The van der Waals surface area contributed by atoms with E-state index in [0.29, 0.717) is 5.56 Å². The number of nitrogens with zero attached hydrogens (tertiary/aromatic N) is 1. The molecule has 0 N–H and O–H groups in total. The normalized spacial score (nSPS) is 12.6. The number of thiophene rings is 1. The van der Waals surface area contributed by atoms with E-state index in [1.54, 1.807) is 11.4 Å². The number of sulfonamides is 1. The summed E-state index contributed by atoms with van der Waals surface area (Å²) >= 11 is 1.10. The molecule has 1 heterocycles. The van der Waals surface area contributed by atoms with E-state index in [0.717, 1.165) is 27.8 Å². The number of hydrogen-bond acceptors (Lipinski definition) is 4. The maximum absolute atomic E-state index is 12.2. The van der Waals surface area contributed by atoms with Crippen molar-refractivity contribution in [3.63, 3.8) is 0 Å². The molecule has 0 unspecified atom stereocenters. The molecule has 22 heavy (non-hydrogen) atoms. The van der Waals surface area contributed by atoms with Crippen molar-refractivity contribution in [1.29, 1.82) is 0 Å². The third-order valence-electron chi connectivity index (χ3n) is 2.72. The Morgan fingerprint density at radius 3 is 2.32 bits per heavy atom. The second kappa shape index (κ2) is 6.27. The smallest absolute Gasteiger partial charge is 0.406 e. The van der Waals surface area contributed by atoms with Gasteiger partial charge in [-0.15, -0.1) is 24.5 Å². The minimum Gasteiger partial charge on any atom is -0.406 e. The van der Waals surface area contributed by atoms with Gasteiger partial charge in [-0.3, -0.25) is 0 Å². The van der Waals surface area contributed by atoms with Crippen molar-refractivity contribution in [2.45, 2.75) is 17.1 Å². The second-order valence-corrected chi connectivity index (χ2v) is 7.60. The van der Waals surface area contributed by atoms with E-state index in [-0.39, 0.29) is 16.5 Å². The van der Waals surface area contributed by atoms with Crippen LogP contribution in [0.25, 0.3) is 0 Å². The van der Waals surface area contributed by atoms with Crippen molar-refractivity contribution in [1.82, 2.24) is 4.31 Å². The minimum absolute atomic E-state index is 0.0481.